The number of carbonyl (C=O) groups excluding carboxylic acids is 2. The minimum Gasteiger partial charge on any atom is -0.478 e. The van der Waals surface area contributed by atoms with Gasteiger partial charge in [0.25, 0.3) is 11.8 Å². The topological polar surface area (TPSA) is 253 Å². The van der Waals surface area contributed by atoms with E-state index in [1.807, 2.05) is 30.3 Å². The number of carbonyl (C=O) groups is 4. The number of thioether (sulfide) groups is 2. The van der Waals surface area contributed by atoms with Crippen LogP contribution in [0.2, 0.25) is 0 Å². The quantitative estimate of drug-likeness (QED) is 0.0400. The van der Waals surface area contributed by atoms with E-state index in [0.29, 0.717) is 16.5 Å². The molecule has 3 aromatic rings. The van der Waals surface area contributed by atoms with Crippen molar-refractivity contribution in [2.45, 2.75) is 29.6 Å². The summed E-state index contributed by atoms with van der Waals surface area (Å²) in [6.45, 7) is 1.22. The van der Waals surface area contributed by atoms with E-state index in [0.717, 1.165) is 21.9 Å². The molecule has 0 saturated carbocycles. The number of oxime groups is 1. The fourth-order valence-corrected chi connectivity index (χ4v) is 7.46. The molecule has 2 amide bonds. The summed E-state index contributed by atoms with van der Waals surface area (Å²) in [6.07, 6.45) is -1.38. The minimum atomic E-state index is -1.38. The number of carboxylic acids is 2. The van der Waals surface area contributed by atoms with Gasteiger partial charge < -0.3 is 37.6 Å². The number of nitrogen functional groups attached to an aromatic ring is 3. The van der Waals surface area contributed by atoms with Crippen LogP contribution < -0.4 is 27.1 Å². The number of para-hydroxylation sites is 1. The van der Waals surface area contributed by atoms with Crippen LogP contribution in [0, 0.1) is 0 Å². The van der Waals surface area contributed by atoms with Crippen molar-refractivity contribution in [1.82, 2.24) is 20.2 Å². The largest absolute Gasteiger partial charge is 0.478 e. The molecule has 0 spiro atoms. The Bertz CT molecular complexity index is 1750. The second kappa shape index (κ2) is 13.0. The van der Waals surface area contributed by atoms with Gasteiger partial charge in [-0.25, -0.2) is 14.6 Å². The lowest BCUT2D eigenvalue weighted by Crippen LogP contribution is -2.71. The number of β-lactam (4-membered cyclic amide) rings is 1. The Morgan fingerprint density at radius 2 is 1.96 bits per heavy atom. The highest BCUT2D eigenvalue weighted by atomic mass is 32.2. The van der Waals surface area contributed by atoms with Crippen molar-refractivity contribution in [2.24, 2.45) is 5.16 Å². The Hall–Kier alpha value is -4.88. The van der Waals surface area contributed by atoms with E-state index in [9.17, 15) is 24.3 Å². The monoisotopic (exact) mass is 672 g/mol. The molecule has 1 aromatic carbocycles. The average molecular weight is 673 g/mol. The molecular weight excluding hydrogens is 647 g/mol. The van der Waals surface area contributed by atoms with Gasteiger partial charge in [-0.05, 0) is 36.4 Å². The van der Waals surface area contributed by atoms with Crippen molar-refractivity contribution in [1.29, 1.82) is 0 Å². The Labute approximate surface area is 267 Å². The van der Waals surface area contributed by atoms with E-state index in [2.05, 4.69) is 20.4 Å². The standard InChI is InChI=1S/C26H25N9O7S3/c1-11(23(38)39)42-33-17(14-10-44-25(29)30-14)20(36)32-18-21(37)35-19(24(40)41)12(8-43-22(18)35)9-45-26-31-15(27)7-16(28)34(26)13-5-3-2-4-6-13/h2-7,10-11,18,22H,8-9H2,1H3,(H8,27,28,29,30,32,36,38,39,40,41)/p+1/b33-17-/t11-,18?,22+/m1/s1. The second-order valence-corrected chi connectivity index (χ2v) is 12.5. The first-order valence-electron chi connectivity index (χ1n) is 13.0. The van der Waals surface area contributed by atoms with Crippen molar-refractivity contribution < 1.29 is 38.8 Å². The third kappa shape index (κ3) is 6.49. The molecule has 1 saturated heterocycles. The number of amides is 2. The molecule has 19 heteroatoms. The van der Waals surface area contributed by atoms with Crippen LogP contribution in [0.1, 0.15) is 12.6 Å². The van der Waals surface area contributed by atoms with Crippen LogP contribution in [-0.2, 0) is 24.0 Å². The van der Waals surface area contributed by atoms with Crippen LogP contribution in [-0.4, -0.2) is 83.6 Å². The minimum absolute atomic E-state index is 0.0153. The van der Waals surface area contributed by atoms with Crippen LogP contribution in [0.4, 0.5) is 16.8 Å². The maximum atomic E-state index is 13.3. The number of thiazole rings is 1. The first kappa shape index (κ1) is 31.5. The molecule has 0 radical (unpaired) electrons. The van der Waals surface area contributed by atoms with Gasteiger partial charge in [0.1, 0.15) is 28.5 Å². The number of aliphatic carboxylic acids is 2. The zero-order chi connectivity index (χ0) is 32.4. The van der Waals surface area contributed by atoms with Gasteiger partial charge in [-0.1, -0.05) is 28.3 Å². The van der Waals surface area contributed by atoms with Crippen molar-refractivity contribution in [2.75, 3.05) is 28.7 Å². The molecule has 0 bridgehead atoms. The molecule has 4 heterocycles. The summed E-state index contributed by atoms with van der Waals surface area (Å²) in [5, 5.41) is 26.7. The molecule has 2 aliphatic rings. The molecular formula is C26H26N9O7S3+. The normalized spacial score (nSPS) is 18.6. The summed E-state index contributed by atoms with van der Waals surface area (Å²) < 4.78 is 1.69. The van der Waals surface area contributed by atoms with E-state index in [-0.39, 0.29) is 33.8 Å². The summed E-state index contributed by atoms with van der Waals surface area (Å²) in [5.74, 6) is -3.22. The van der Waals surface area contributed by atoms with Crippen molar-refractivity contribution >= 4 is 81.1 Å². The van der Waals surface area contributed by atoms with E-state index in [1.165, 1.54) is 41.9 Å². The van der Waals surface area contributed by atoms with Gasteiger partial charge in [0, 0.05) is 16.9 Å². The zero-order valence-corrected chi connectivity index (χ0v) is 25.8. The maximum absolute atomic E-state index is 13.3. The summed E-state index contributed by atoms with van der Waals surface area (Å²) in [5.41, 5.74) is 18.5. The van der Waals surface area contributed by atoms with Gasteiger partial charge in [-0.3, -0.25) is 14.5 Å². The van der Waals surface area contributed by atoms with Gasteiger partial charge >= 0.3 is 17.1 Å². The molecule has 1 fully saturated rings. The van der Waals surface area contributed by atoms with Crippen LogP contribution in [0.3, 0.4) is 0 Å². The fraction of sp³-hybridized carbons (Fsp3) is 0.231. The predicted octanol–water partition coefficient (Wildman–Crippen LogP) is 0.286. The molecule has 16 nitrogen and oxygen atoms in total. The highest BCUT2D eigenvalue weighted by molar-refractivity contribution is 8.01. The lowest BCUT2D eigenvalue weighted by molar-refractivity contribution is -0.626. The molecule has 2 aromatic heterocycles. The van der Waals surface area contributed by atoms with Gasteiger partial charge in [0.15, 0.2) is 10.8 Å². The van der Waals surface area contributed by atoms with Gasteiger partial charge in [0.05, 0.1) is 6.07 Å². The fourth-order valence-electron chi connectivity index (χ4n) is 4.39. The van der Waals surface area contributed by atoms with Crippen molar-refractivity contribution in [3.8, 4) is 5.69 Å². The van der Waals surface area contributed by atoms with Crippen LogP contribution in [0.5, 0.6) is 0 Å². The molecule has 5 rings (SSSR count). The number of nitrogens with one attached hydrogen (secondary N) is 1. The number of aromatic nitrogens is 3. The van der Waals surface area contributed by atoms with Crippen LogP contribution in [0.15, 0.2) is 63.4 Å². The average Bonchev–Trinajstić information content (AvgIpc) is 3.43. The van der Waals surface area contributed by atoms with Crippen LogP contribution in [0.25, 0.3) is 5.69 Å². The number of rotatable bonds is 11. The third-order valence-corrected chi connectivity index (χ3v) is 9.56. The van der Waals surface area contributed by atoms with Gasteiger partial charge in [-0.15, -0.1) is 23.1 Å². The smallest absolute Gasteiger partial charge is 0.352 e. The highest BCUT2D eigenvalue weighted by Crippen LogP contribution is 2.41. The molecule has 1 unspecified atom stereocenters. The molecule has 0 aliphatic carbocycles. The van der Waals surface area contributed by atoms with Gasteiger partial charge in [0.2, 0.25) is 17.7 Å². The van der Waals surface area contributed by atoms with E-state index < -0.39 is 47.0 Å². The summed E-state index contributed by atoms with van der Waals surface area (Å²) in [6, 6.07) is 9.63. The lowest BCUT2D eigenvalue weighted by Gasteiger charge is -2.49. The number of carboxylic acid groups (broad SMARTS) is 2. The molecule has 2 aliphatic heterocycles. The first-order valence-corrected chi connectivity index (χ1v) is 15.9. The first-order chi connectivity index (χ1) is 21.5. The number of fused-ring (bicyclic) bond motifs is 1. The highest BCUT2D eigenvalue weighted by Gasteiger charge is 2.54. The van der Waals surface area contributed by atoms with E-state index >= 15 is 0 Å². The molecule has 234 valence electrons. The number of nitrogens with two attached hydrogens (primary N) is 3. The Balaban J connectivity index is 1.35. The Morgan fingerprint density at radius 1 is 1.22 bits per heavy atom. The number of hydrogen-bond acceptors (Lipinski definition) is 14. The number of nitrogens with zero attached hydrogens (tertiary/aromatic N) is 5. The maximum Gasteiger partial charge on any atom is 0.352 e. The summed E-state index contributed by atoms with van der Waals surface area (Å²) in [4.78, 5) is 64.5. The van der Waals surface area contributed by atoms with Crippen molar-refractivity contribution in [3.05, 3.63) is 58.7 Å². The third-order valence-electron chi connectivity index (χ3n) is 6.53. The predicted molar refractivity (Wildman–Crippen MR) is 166 cm³/mol. The Kier molecular flexibility index (Phi) is 9.11. The lowest BCUT2D eigenvalue weighted by atomic mass is 10.0. The van der Waals surface area contributed by atoms with Crippen LogP contribution >= 0.6 is 34.9 Å². The summed E-state index contributed by atoms with van der Waals surface area (Å²) in [7, 11) is 0. The van der Waals surface area contributed by atoms with E-state index in [1.54, 1.807) is 4.57 Å². The zero-order valence-electron chi connectivity index (χ0n) is 23.3. The Morgan fingerprint density at radius 3 is 2.60 bits per heavy atom. The number of benzene rings is 1. The second-order valence-electron chi connectivity index (χ2n) is 9.56. The number of anilines is 3. The van der Waals surface area contributed by atoms with Crippen molar-refractivity contribution in [3.63, 3.8) is 0 Å². The van der Waals surface area contributed by atoms with Gasteiger partial charge in [-0.2, -0.15) is 4.57 Å². The van der Waals surface area contributed by atoms with E-state index in [4.69, 9.17) is 27.1 Å². The molecule has 3 atom stereocenters. The SMILES string of the molecule is C[C@@H](O/N=C(\C(=O)NC1C(=O)N2C(C(=O)O)=C(CSc3nc(N)cc(N)[n+]3-c3ccccc3)CS[C@@H]12)c1csc(N)n1)C(=O)O. The number of hydrogen-bond donors (Lipinski definition) is 6. The molecule has 45 heavy (non-hydrogen) atoms. The molecule has 9 N–H and O–H groups in total. The summed E-state index contributed by atoms with van der Waals surface area (Å²) >= 11 is 3.50.